The van der Waals surface area contributed by atoms with Crippen molar-refractivity contribution in [2.24, 2.45) is 11.7 Å². The normalized spacial score (nSPS) is 12.3. The number of amides is 3. The predicted octanol–water partition coefficient (Wildman–Crippen LogP) is 3.68. The van der Waals surface area contributed by atoms with Gasteiger partial charge in [0.05, 0.1) is 16.2 Å². The monoisotopic (exact) mass is 418 g/mol. The SMILES string of the molecule is CC(C)CCCCCCn1c(SC(C)C(=O)NC(N)=O)nc2ccccc2c1=O. The maximum Gasteiger partial charge on any atom is 0.318 e. The minimum Gasteiger partial charge on any atom is -0.351 e. The molecule has 158 valence electrons. The van der Waals surface area contributed by atoms with Gasteiger partial charge in [0.25, 0.3) is 5.56 Å². The fourth-order valence-corrected chi connectivity index (χ4v) is 3.98. The van der Waals surface area contributed by atoms with Crippen molar-refractivity contribution in [1.29, 1.82) is 0 Å². The topological polar surface area (TPSA) is 107 Å². The van der Waals surface area contributed by atoms with E-state index in [-0.39, 0.29) is 5.56 Å². The number of hydrogen-bond donors (Lipinski definition) is 2. The number of unbranched alkanes of at least 4 members (excludes halogenated alkanes) is 3. The van der Waals surface area contributed by atoms with Crippen molar-refractivity contribution in [3.63, 3.8) is 0 Å². The van der Waals surface area contributed by atoms with Gasteiger partial charge in [0.15, 0.2) is 5.16 Å². The zero-order valence-electron chi connectivity index (χ0n) is 17.3. The molecular formula is C21H30N4O3S. The number of aromatic nitrogens is 2. The first kappa shape index (κ1) is 22.9. The van der Waals surface area contributed by atoms with E-state index in [1.165, 1.54) is 12.8 Å². The smallest absolute Gasteiger partial charge is 0.318 e. The lowest BCUT2D eigenvalue weighted by atomic mass is 10.0. The van der Waals surface area contributed by atoms with E-state index < -0.39 is 17.2 Å². The Kier molecular flexibility index (Phi) is 8.70. The van der Waals surface area contributed by atoms with Crippen LogP contribution in [0.5, 0.6) is 0 Å². The van der Waals surface area contributed by atoms with E-state index in [0.29, 0.717) is 28.5 Å². The van der Waals surface area contributed by atoms with Crippen molar-refractivity contribution in [3.05, 3.63) is 34.6 Å². The highest BCUT2D eigenvalue weighted by Crippen LogP contribution is 2.23. The van der Waals surface area contributed by atoms with E-state index in [2.05, 4.69) is 24.1 Å². The number of rotatable bonds is 10. The first-order valence-corrected chi connectivity index (χ1v) is 10.9. The van der Waals surface area contributed by atoms with E-state index in [1.807, 2.05) is 12.1 Å². The van der Waals surface area contributed by atoms with Crippen LogP contribution in [-0.4, -0.2) is 26.7 Å². The number of hydrogen-bond acceptors (Lipinski definition) is 5. The molecule has 0 aliphatic carbocycles. The zero-order valence-corrected chi connectivity index (χ0v) is 18.1. The first-order chi connectivity index (χ1) is 13.8. The second-order valence-corrected chi connectivity index (χ2v) is 8.89. The molecular weight excluding hydrogens is 388 g/mol. The zero-order chi connectivity index (χ0) is 21.4. The maximum absolute atomic E-state index is 13.0. The van der Waals surface area contributed by atoms with E-state index in [4.69, 9.17) is 5.73 Å². The van der Waals surface area contributed by atoms with Gasteiger partial charge in [-0.3, -0.25) is 19.5 Å². The van der Waals surface area contributed by atoms with Crippen molar-refractivity contribution < 1.29 is 9.59 Å². The first-order valence-electron chi connectivity index (χ1n) is 10.1. The highest BCUT2D eigenvalue weighted by molar-refractivity contribution is 8.00. The summed E-state index contributed by atoms with van der Waals surface area (Å²) in [5, 5.41) is 2.49. The van der Waals surface area contributed by atoms with E-state index in [0.717, 1.165) is 31.0 Å². The third kappa shape index (κ3) is 6.88. The summed E-state index contributed by atoms with van der Waals surface area (Å²) < 4.78 is 1.64. The second kappa shape index (κ2) is 11.0. The largest absolute Gasteiger partial charge is 0.351 e. The van der Waals surface area contributed by atoms with Crippen molar-refractivity contribution in [1.82, 2.24) is 14.9 Å². The molecule has 1 atom stereocenters. The number of fused-ring (bicyclic) bond motifs is 1. The van der Waals surface area contributed by atoms with Gasteiger partial charge in [0.1, 0.15) is 0 Å². The Hall–Kier alpha value is -2.35. The molecule has 0 radical (unpaired) electrons. The number of nitrogens with one attached hydrogen (secondary N) is 1. The van der Waals surface area contributed by atoms with Crippen molar-refractivity contribution in [2.45, 2.75) is 69.8 Å². The molecule has 7 nitrogen and oxygen atoms in total. The van der Waals surface area contributed by atoms with Gasteiger partial charge in [0, 0.05) is 6.54 Å². The number of para-hydroxylation sites is 1. The molecule has 0 aliphatic heterocycles. The third-order valence-electron chi connectivity index (χ3n) is 4.64. The van der Waals surface area contributed by atoms with Crippen LogP contribution in [0.15, 0.2) is 34.2 Å². The molecule has 2 aromatic rings. The van der Waals surface area contributed by atoms with Gasteiger partial charge >= 0.3 is 6.03 Å². The molecule has 0 fully saturated rings. The third-order valence-corrected chi connectivity index (χ3v) is 5.73. The molecule has 1 heterocycles. The average molecular weight is 419 g/mol. The number of carbonyl (C=O) groups is 2. The number of carbonyl (C=O) groups excluding carboxylic acids is 2. The summed E-state index contributed by atoms with van der Waals surface area (Å²) in [4.78, 5) is 40.6. The number of thioether (sulfide) groups is 1. The van der Waals surface area contributed by atoms with Crippen LogP contribution in [0, 0.1) is 5.92 Å². The minimum atomic E-state index is -0.896. The number of imide groups is 1. The molecule has 0 saturated carbocycles. The number of nitrogens with two attached hydrogens (primary N) is 1. The van der Waals surface area contributed by atoms with Crippen molar-refractivity contribution >= 4 is 34.6 Å². The molecule has 8 heteroatoms. The highest BCUT2D eigenvalue weighted by atomic mass is 32.2. The molecule has 2 rings (SSSR count). The maximum atomic E-state index is 13.0. The van der Waals surface area contributed by atoms with Crippen molar-refractivity contribution in [3.8, 4) is 0 Å². The number of urea groups is 1. The van der Waals surface area contributed by atoms with Crippen LogP contribution in [-0.2, 0) is 11.3 Å². The average Bonchev–Trinajstić information content (AvgIpc) is 2.65. The molecule has 0 bridgehead atoms. The standard InChI is InChI=1S/C21H30N4O3S/c1-14(2)10-6-4-5-9-13-25-19(27)16-11-7-8-12-17(16)23-21(25)29-15(3)18(26)24-20(22)28/h7-8,11-12,14-15H,4-6,9-10,13H2,1-3H3,(H3,22,24,26,28). The Balaban J connectivity index is 2.18. The Morgan fingerprint density at radius 2 is 1.83 bits per heavy atom. The predicted molar refractivity (Wildman–Crippen MR) is 117 cm³/mol. The van der Waals surface area contributed by atoms with E-state index >= 15 is 0 Å². The summed E-state index contributed by atoms with van der Waals surface area (Å²) in [6.07, 6.45) is 5.44. The molecule has 0 aliphatic rings. The Bertz CT molecular complexity index is 910. The van der Waals surface area contributed by atoms with Crippen LogP contribution in [0.3, 0.4) is 0 Å². The minimum absolute atomic E-state index is 0.109. The Labute approximate surface area is 175 Å². The highest BCUT2D eigenvalue weighted by Gasteiger charge is 2.20. The van der Waals surface area contributed by atoms with Crippen LogP contribution in [0.4, 0.5) is 4.79 Å². The summed E-state index contributed by atoms with van der Waals surface area (Å²) >= 11 is 1.15. The Morgan fingerprint density at radius 1 is 1.14 bits per heavy atom. The fraction of sp³-hybridized carbons (Fsp3) is 0.524. The van der Waals surface area contributed by atoms with Gasteiger partial charge in [-0.1, -0.05) is 63.4 Å². The quantitative estimate of drug-likeness (QED) is 0.348. The molecule has 3 N–H and O–H groups in total. The second-order valence-electron chi connectivity index (χ2n) is 7.58. The van der Waals surface area contributed by atoms with Crippen LogP contribution in [0.1, 0.15) is 52.9 Å². The summed E-state index contributed by atoms with van der Waals surface area (Å²) in [5.41, 5.74) is 5.51. The molecule has 1 aromatic carbocycles. The number of nitrogens with zero attached hydrogens (tertiary/aromatic N) is 2. The molecule has 29 heavy (non-hydrogen) atoms. The summed E-state index contributed by atoms with van der Waals surface area (Å²) in [5.74, 6) is 0.198. The van der Waals surface area contributed by atoms with Gasteiger partial charge in [-0.25, -0.2) is 9.78 Å². The van der Waals surface area contributed by atoms with Gasteiger partial charge in [0.2, 0.25) is 5.91 Å². The summed E-state index contributed by atoms with van der Waals surface area (Å²) in [7, 11) is 0. The van der Waals surface area contributed by atoms with E-state index in [1.54, 1.807) is 23.6 Å². The Morgan fingerprint density at radius 3 is 2.52 bits per heavy atom. The summed E-state index contributed by atoms with van der Waals surface area (Å²) in [6, 6.07) is 6.29. The van der Waals surface area contributed by atoms with Crippen LogP contribution >= 0.6 is 11.8 Å². The number of primary amides is 1. The lowest BCUT2D eigenvalue weighted by Gasteiger charge is -2.16. The molecule has 1 unspecified atom stereocenters. The van der Waals surface area contributed by atoms with Gasteiger partial charge in [-0.2, -0.15) is 0 Å². The molecule has 1 aromatic heterocycles. The fourth-order valence-electron chi connectivity index (χ4n) is 3.05. The molecule has 0 saturated heterocycles. The lowest BCUT2D eigenvalue weighted by molar-refractivity contribution is -0.119. The molecule has 0 spiro atoms. The number of benzene rings is 1. The molecule has 3 amide bonds. The van der Waals surface area contributed by atoms with Crippen molar-refractivity contribution in [2.75, 3.05) is 0 Å². The van der Waals surface area contributed by atoms with Crippen LogP contribution < -0.4 is 16.6 Å². The van der Waals surface area contributed by atoms with Gasteiger partial charge in [-0.15, -0.1) is 0 Å². The van der Waals surface area contributed by atoms with Gasteiger partial charge < -0.3 is 5.73 Å². The van der Waals surface area contributed by atoms with Crippen LogP contribution in [0.2, 0.25) is 0 Å². The van der Waals surface area contributed by atoms with Gasteiger partial charge in [-0.05, 0) is 31.4 Å². The summed E-state index contributed by atoms with van der Waals surface area (Å²) in [6.45, 7) is 6.64. The lowest BCUT2D eigenvalue weighted by Crippen LogP contribution is -2.39. The van der Waals surface area contributed by atoms with E-state index in [9.17, 15) is 14.4 Å². The van der Waals surface area contributed by atoms with Crippen LogP contribution in [0.25, 0.3) is 10.9 Å².